The molecule has 1 aliphatic carbocycles. The first kappa shape index (κ1) is 16.8. The maximum Gasteiger partial charge on any atom is 0.547 e. The summed E-state index contributed by atoms with van der Waals surface area (Å²) < 4.78 is 5.38. The second kappa shape index (κ2) is 6.82. The summed E-state index contributed by atoms with van der Waals surface area (Å²) in [6, 6.07) is 4.97. The minimum atomic E-state index is -1.27. The van der Waals surface area contributed by atoms with E-state index in [1.54, 1.807) is 12.1 Å². The molecule has 1 aromatic carbocycles. The Hall–Kier alpha value is -2.06. The van der Waals surface area contributed by atoms with Gasteiger partial charge >= 0.3 is 13.1 Å². The fourth-order valence-corrected chi connectivity index (χ4v) is 3.40. The molecule has 1 unspecified atom stereocenters. The molecule has 2 aliphatic rings. The van der Waals surface area contributed by atoms with Gasteiger partial charge in [-0.15, -0.1) is 0 Å². The number of fused-ring (bicyclic) bond motifs is 1. The number of hydrogen-bond acceptors (Lipinski definition) is 5. The average Bonchev–Trinajstić information content (AvgIpc) is 2.55. The fourth-order valence-electron chi connectivity index (χ4n) is 3.40. The molecule has 0 bridgehead atoms. The standard InChI is InChI=1S/C16H21BN2O5/c18-11-6-4-9(5-7-11)15(20)19-13-8-10-2-1-3-12(16(21)22)14(10)24-17(13)23/h1-3,9,11,13,23H,4-8,18H2,(H,19,20)(H,21,22). The van der Waals surface area contributed by atoms with Crippen LogP contribution in [-0.2, 0) is 11.2 Å². The molecule has 1 aliphatic heterocycles. The molecule has 1 heterocycles. The highest BCUT2D eigenvalue weighted by atomic mass is 16.5. The van der Waals surface area contributed by atoms with Crippen LogP contribution in [0.4, 0.5) is 0 Å². The minimum Gasteiger partial charge on any atom is -0.534 e. The van der Waals surface area contributed by atoms with E-state index in [9.17, 15) is 19.7 Å². The zero-order valence-electron chi connectivity index (χ0n) is 13.3. The lowest BCUT2D eigenvalue weighted by molar-refractivity contribution is -0.126. The molecule has 0 spiro atoms. The summed E-state index contributed by atoms with van der Waals surface area (Å²) in [6.45, 7) is 0. The van der Waals surface area contributed by atoms with Gasteiger partial charge in [0.2, 0.25) is 5.91 Å². The molecule has 24 heavy (non-hydrogen) atoms. The van der Waals surface area contributed by atoms with Crippen molar-refractivity contribution < 1.29 is 24.4 Å². The van der Waals surface area contributed by atoms with Gasteiger partial charge in [0.15, 0.2) is 0 Å². The first-order valence-electron chi connectivity index (χ1n) is 8.21. The van der Waals surface area contributed by atoms with Crippen LogP contribution in [0.2, 0.25) is 0 Å². The molecule has 1 fully saturated rings. The van der Waals surface area contributed by atoms with Crippen LogP contribution >= 0.6 is 0 Å². The van der Waals surface area contributed by atoms with E-state index in [0.29, 0.717) is 12.0 Å². The smallest absolute Gasteiger partial charge is 0.534 e. The van der Waals surface area contributed by atoms with Crippen molar-refractivity contribution >= 4 is 19.0 Å². The Balaban J connectivity index is 1.69. The zero-order valence-corrected chi connectivity index (χ0v) is 13.3. The van der Waals surface area contributed by atoms with Crippen molar-refractivity contribution in [3.8, 4) is 5.75 Å². The van der Waals surface area contributed by atoms with E-state index in [1.807, 2.05) is 0 Å². The van der Waals surface area contributed by atoms with E-state index in [2.05, 4.69) is 5.32 Å². The first-order chi connectivity index (χ1) is 11.5. The molecular formula is C16H21BN2O5. The average molecular weight is 332 g/mol. The Kier molecular flexibility index (Phi) is 4.77. The fraction of sp³-hybridized carbons (Fsp3) is 0.500. The van der Waals surface area contributed by atoms with Gasteiger partial charge in [-0.1, -0.05) is 12.1 Å². The molecule has 1 atom stereocenters. The van der Waals surface area contributed by atoms with E-state index >= 15 is 0 Å². The molecule has 0 saturated heterocycles. The van der Waals surface area contributed by atoms with Crippen LogP contribution in [0.5, 0.6) is 5.75 Å². The predicted octanol–water partition coefficient (Wildman–Crippen LogP) is 0.342. The van der Waals surface area contributed by atoms with Crippen LogP contribution in [0.15, 0.2) is 18.2 Å². The maximum absolute atomic E-state index is 12.4. The Morgan fingerprint density at radius 2 is 1.96 bits per heavy atom. The lowest BCUT2D eigenvalue weighted by Gasteiger charge is -2.31. The summed E-state index contributed by atoms with van der Waals surface area (Å²) in [5, 5.41) is 22.2. The van der Waals surface area contributed by atoms with E-state index < -0.39 is 19.0 Å². The number of benzene rings is 1. The summed E-state index contributed by atoms with van der Waals surface area (Å²) in [7, 11) is -1.27. The normalized spacial score (nSPS) is 26.2. The van der Waals surface area contributed by atoms with Gasteiger partial charge in [0, 0.05) is 12.0 Å². The number of aromatic carboxylic acids is 1. The topological polar surface area (TPSA) is 122 Å². The molecule has 1 amide bonds. The Morgan fingerprint density at radius 3 is 2.62 bits per heavy atom. The molecule has 5 N–H and O–H groups in total. The van der Waals surface area contributed by atoms with E-state index in [-0.39, 0.29) is 29.2 Å². The SMILES string of the molecule is NC1CCC(C(=O)NC2Cc3cccc(C(=O)O)c3OB2O)CC1. The number of carboxylic acids is 1. The number of carbonyl (C=O) groups excluding carboxylic acids is 1. The first-order valence-corrected chi connectivity index (χ1v) is 8.21. The maximum atomic E-state index is 12.4. The molecule has 8 heteroatoms. The summed E-state index contributed by atoms with van der Waals surface area (Å²) in [6.07, 6.45) is 3.47. The van der Waals surface area contributed by atoms with Crippen LogP contribution in [0, 0.1) is 5.92 Å². The number of carbonyl (C=O) groups is 2. The molecule has 3 rings (SSSR count). The minimum absolute atomic E-state index is 0.0117. The largest absolute Gasteiger partial charge is 0.547 e. The predicted molar refractivity (Wildman–Crippen MR) is 87.6 cm³/mol. The van der Waals surface area contributed by atoms with E-state index in [0.717, 1.165) is 25.7 Å². The lowest BCUT2D eigenvalue weighted by atomic mass is 9.71. The highest BCUT2D eigenvalue weighted by Crippen LogP contribution is 2.30. The Morgan fingerprint density at radius 1 is 1.25 bits per heavy atom. The molecular weight excluding hydrogens is 311 g/mol. The second-order valence-electron chi connectivity index (χ2n) is 6.54. The van der Waals surface area contributed by atoms with E-state index in [1.165, 1.54) is 6.07 Å². The monoisotopic (exact) mass is 332 g/mol. The van der Waals surface area contributed by atoms with E-state index in [4.69, 9.17) is 10.4 Å². The Bertz CT molecular complexity index is 645. The number of hydrogen-bond donors (Lipinski definition) is 4. The van der Waals surface area contributed by atoms with Crippen LogP contribution in [0.3, 0.4) is 0 Å². The molecule has 0 aromatic heterocycles. The van der Waals surface area contributed by atoms with Crippen molar-refractivity contribution in [3.63, 3.8) is 0 Å². The molecule has 0 radical (unpaired) electrons. The van der Waals surface area contributed by atoms with Gasteiger partial charge in [-0.2, -0.15) is 0 Å². The second-order valence-corrected chi connectivity index (χ2v) is 6.54. The Labute approximate surface area is 140 Å². The summed E-state index contributed by atoms with van der Waals surface area (Å²) in [5.41, 5.74) is 6.53. The third-order valence-corrected chi connectivity index (χ3v) is 4.82. The van der Waals surface area contributed by atoms with Gasteiger partial charge in [0.05, 0.1) is 11.5 Å². The van der Waals surface area contributed by atoms with Crippen molar-refractivity contribution in [2.45, 2.75) is 44.1 Å². The highest BCUT2D eigenvalue weighted by molar-refractivity contribution is 6.47. The van der Waals surface area contributed by atoms with Gasteiger partial charge in [0.25, 0.3) is 0 Å². The van der Waals surface area contributed by atoms with Gasteiger partial charge in [-0.25, -0.2) is 4.79 Å². The van der Waals surface area contributed by atoms with Crippen LogP contribution in [-0.4, -0.2) is 41.1 Å². The van der Waals surface area contributed by atoms with Gasteiger partial charge in [-0.05, 0) is 43.7 Å². The molecule has 7 nitrogen and oxygen atoms in total. The molecule has 1 aromatic rings. The summed E-state index contributed by atoms with van der Waals surface area (Å²) in [5.74, 6) is -1.73. The van der Waals surface area contributed by atoms with Gasteiger partial charge in [0.1, 0.15) is 5.75 Å². The van der Waals surface area contributed by atoms with Crippen molar-refractivity contribution in [3.05, 3.63) is 29.3 Å². The van der Waals surface area contributed by atoms with Crippen molar-refractivity contribution in [1.82, 2.24) is 5.32 Å². The summed E-state index contributed by atoms with van der Waals surface area (Å²) in [4.78, 5) is 23.6. The van der Waals surface area contributed by atoms with Gasteiger partial charge < -0.3 is 25.8 Å². The zero-order chi connectivity index (χ0) is 17.3. The quantitative estimate of drug-likeness (QED) is 0.592. The highest BCUT2D eigenvalue weighted by Gasteiger charge is 2.38. The van der Waals surface area contributed by atoms with Crippen molar-refractivity contribution in [1.29, 1.82) is 0 Å². The van der Waals surface area contributed by atoms with Crippen LogP contribution in [0.1, 0.15) is 41.6 Å². The van der Waals surface area contributed by atoms with Crippen molar-refractivity contribution in [2.24, 2.45) is 11.7 Å². The third-order valence-electron chi connectivity index (χ3n) is 4.82. The van der Waals surface area contributed by atoms with Crippen LogP contribution < -0.4 is 15.7 Å². The number of para-hydroxylation sites is 1. The molecule has 128 valence electrons. The molecule has 1 saturated carbocycles. The number of nitrogens with two attached hydrogens (primary N) is 1. The third kappa shape index (κ3) is 3.39. The van der Waals surface area contributed by atoms with Crippen molar-refractivity contribution in [2.75, 3.05) is 0 Å². The number of rotatable bonds is 3. The number of carboxylic acid groups (broad SMARTS) is 1. The van der Waals surface area contributed by atoms with Gasteiger partial charge in [-0.3, -0.25) is 4.79 Å². The summed E-state index contributed by atoms with van der Waals surface area (Å²) >= 11 is 0. The number of amides is 1. The number of nitrogens with one attached hydrogen (secondary N) is 1. The van der Waals surface area contributed by atoms with Crippen LogP contribution in [0.25, 0.3) is 0 Å². The lowest BCUT2D eigenvalue weighted by Crippen LogP contribution is -2.54.